The zero-order valence-electron chi connectivity index (χ0n) is 18.9. The van der Waals surface area contributed by atoms with Crippen LogP contribution >= 0.6 is 11.3 Å². The maximum absolute atomic E-state index is 5.95. The van der Waals surface area contributed by atoms with Crippen molar-refractivity contribution in [2.24, 2.45) is 0 Å². The van der Waals surface area contributed by atoms with Gasteiger partial charge in [0, 0.05) is 44.2 Å². The predicted molar refractivity (Wildman–Crippen MR) is 132 cm³/mol. The van der Waals surface area contributed by atoms with Crippen LogP contribution in [0.15, 0.2) is 60.1 Å². The SMILES string of the molecule is COc1ccccc1N1CCN(CCCCOc2ccc(CCc3nccs3)cc2)CC1. The fourth-order valence-electron chi connectivity index (χ4n) is 4.11. The summed E-state index contributed by atoms with van der Waals surface area (Å²) in [4.78, 5) is 9.34. The Bertz CT molecular complexity index is 923. The molecule has 5 nitrogen and oxygen atoms in total. The lowest BCUT2D eigenvalue weighted by atomic mass is 10.1. The van der Waals surface area contributed by atoms with Gasteiger partial charge >= 0.3 is 0 Å². The van der Waals surface area contributed by atoms with Crippen LogP contribution in [-0.2, 0) is 12.8 Å². The lowest BCUT2D eigenvalue weighted by Crippen LogP contribution is -2.46. The summed E-state index contributed by atoms with van der Waals surface area (Å²) in [5.41, 5.74) is 2.54. The molecule has 1 aromatic heterocycles. The van der Waals surface area contributed by atoms with Crippen molar-refractivity contribution in [1.29, 1.82) is 0 Å². The molecular formula is C26H33N3O2S. The minimum Gasteiger partial charge on any atom is -0.495 e. The van der Waals surface area contributed by atoms with E-state index in [1.165, 1.54) is 22.7 Å². The van der Waals surface area contributed by atoms with E-state index in [4.69, 9.17) is 9.47 Å². The zero-order chi connectivity index (χ0) is 22.0. The van der Waals surface area contributed by atoms with Crippen molar-refractivity contribution in [3.05, 3.63) is 70.7 Å². The molecule has 0 N–H and O–H groups in total. The summed E-state index contributed by atoms with van der Waals surface area (Å²) in [7, 11) is 1.75. The number of ether oxygens (including phenoxy) is 2. The summed E-state index contributed by atoms with van der Waals surface area (Å²) in [5, 5.41) is 3.24. The van der Waals surface area contributed by atoms with Gasteiger partial charge in [-0.3, -0.25) is 4.90 Å². The molecule has 3 aromatic rings. The lowest BCUT2D eigenvalue weighted by molar-refractivity contribution is 0.238. The van der Waals surface area contributed by atoms with E-state index in [0.29, 0.717) is 0 Å². The standard InChI is InChI=1S/C26H33N3O2S/c1-30-25-7-3-2-6-24(25)29-18-16-28(17-19-29)15-4-5-20-31-23-11-8-22(9-12-23)10-13-26-27-14-21-32-26/h2-3,6-9,11-12,14,21H,4-5,10,13,15-20H2,1H3. The van der Waals surface area contributed by atoms with Crippen LogP contribution < -0.4 is 14.4 Å². The minimum atomic E-state index is 0.777. The molecule has 2 aromatic carbocycles. The Labute approximate surface area is 195 Å². The largest absolute Gasteiger partial charge is 0.495 e. The van der Waals surface area contributed by atoms with E-state index >= 15 is 0 Å². The third kappa shape index (κ3) is 6.47. The molecule has 4 rings (SSSR count). The molecule has 0 amide bonds. The molecule has 32 heavy (non-hydrogen) atoms. The van der Waals surface area contributed by atoms with Gasteiger partial charge in [-0.1, -0.05) is 24.3 Å². The maximum atomic E-state index is 5.95. The van der Waals surface area contributed by atoms with Gasteiger partial charge in [0.1, 0.15) is 11.5 Å². The average Bonchev–Trinajstić information content (AvgIpc) is 3.37. The van der Waals surface area contributed by atoms with Gasteiger partial charge in [-0.2, -0.15) is 0 Å². The van der Waals surface area contributed by atoms with Crippen LogP contribution in [0.4, 0.5) is 5.69 Å². The Morgan fingerprint density at radius 2 is 1.75 bits per heavy atom. The summed E-state index contributed by atoms with van der Waals surface area (Å²) in [6, 6.07) is 16.8. The molecule has 0 spiro atoms. The van der Waals surface area contributed by atoms with E-state index in [1.54, 1.807) is 18.4 Å². The minimum absolute atomic E-state index is 0.777. The number of methoxy groups -OCH3 is 1. The number of piperazine rings is 1. The lowest BCUT2D eigenvalue weighted by Gasteiger charge is -2.36. The van der Waals surface area contributed by atoms with Gasteiger partial charge in [-0.05, 0) is 55.6 Å². The van der Waals surface area contributed by atoms with E-state index < -0.39 is 0 Å². The molecule has 1 saturated heterocycles. The first-order valence-electron chi connectivity index (χ1n) is 11.5. The molecule has 0 atom stereocenters. The van der Waals surface area contributed by atoms with E-state index in [-0.39, 0.29) is 0 Å². The molecule has 0 radical (unpaired) electrons. The molecule has 1 fully saturated rings. The van der Waals surface area contributed by atoms with E-state index in [0.717, 1.165) is 70.1 Å². The second-order valence-electron chi connectivity index (χ2n) is 8.13. The monoisotopic (exact) mass is 451 g/mol. The second kappa shape index (κ2) is 11.9. The van der Waals surface area contributed by atoms with Crippen molar-refractivity contribution in [3.63, 3.8) is 0 Å². The quantitative estimate of drug-likeness (QED) is 0.387. The molecule has 1 aliphatic rings. The molecule has 6 heteroatoms. The van der Waals surface area contributed by atoms with Crippen LogP contribution in [-0.4, -0.2) is 56.3 Å². The van der Waals surface area contributed by atoms with Crippen molar-refractivity contribution in [2.45, 2.75) is 25.7 Å². The number of nitrogens with zero attached hydrogens (tertiary/aromatic N) is 3. The topological polar surface area (TPSA) is 37.8 Å². The number of hydrogen-bond donors (Lipinski definition) is 0. The summed E-state index contributed by atoms with van der Waals surface area (Å²) in [5.74, 6) is 1.93. The van der Waals surface area contributed by atoms with Crippen molar-refractivity contribution in [1.82, 2.24) is 9.88 Å². The summed E-state index contributed by atoms with van der Waals surface area (Å²) >= 11 is 1.72. The third-order valence-corrected chi connectivity index (χ3v) is 6.81. The van der Waals surface area contributed by atoms with Gasteiger partial charge in [-0.15, -0.1) is 11.3 Å². The number of rotatable bonds is 11. The van der Waals surface area contributed by atoms with Crippen LogP contribution in [0.1, 0.15) is 23.4 Å². The van der Waals surface area contributed by atoms with Crippen molar-refractivity contribution >= 4 is 17.0 Å². The van der Waals surface area contributed by atoms with E-state index in [1.807, 2.05) is 23.7 Å². The fraction of sp³-hybridized carbons (Fsp3) is 0.423. The molecule has 0 bridgehead atoms. The van der Waals surface area contributed by atoms with Crippen LogP contribution in [0, 0.1) is 0 Å². The van der Waals surface area contributed by atoms with Crippen LogP contribution in [0.3, 0.4) is 0 Å². The Morgan fingerprint density at radius 1 is 0.938 bits per heavy atom. The van der Waals surface area contributed by atoms with Gasteiger partial charge in [0.05, 0.1) is 24.4 Å². The molecule has 0 unspecified atom stereocenters. The van der Waals surface area contributed by atoms with Crippen LogP contribution in [0.2, 0.25) is 0 Å². The third-order valence-electron chi connectivity index (χ3n) is 5.97. The van der Waals surface area contributed by atoms with Crippen molar-refractivity contribution < 1.29 is 9.47 Å². The number of thiazole rings is 1. The highest BCUT2D eigenvalue weighted by Gasteiger charge is 2.19. The summed E-state index contributed by atoms with van der Waals surface area (Å²) in [6.07, 6.45) is 6.15. The van der Waals surface area contributed by atoms with Crippen LogP contribution in [0.5, 0.6) is 11.5 Å². The number of anilines is 1. The van der Waals surface area contributed by atoms with Gasteiger partial charge in [0.25, 0.3) is 0 Å². The van der Waals surface area contributed by atoms with Gasteiger partial charge < -0.3 is 14.4 Å². The molecular weight excluding hydrogens is 418 g/mol. The Hall–Kier alpha value is -2.57. The first kappa shape index (κ1) is 22.6. The number of aromatic nitrogens is 1. The number of unbranched alkanes of at least 4 members (excludes halogenated alkanes) is 1. The first-order valence-corrected chi connectivity index (χ1v) is 12.4. The Kier molecular flexibility index (Phi) is 8.40. The highest BCUT2D eigenvalue weighted by Crippen LogP contribution is 2.28. The molecule has 0 aliphatic carbocycles. The fourth-order valence-corrected chi connectivity index (χ4v) is 4.73. The Balaban J connectivity index is 1.09. The van der Waals surface area contributed by atoms with E-state index in [9.17, 15) is 0 Å². The second-order valence-corrected chi connectivity index (χ2v) is 9.11. The maximum Gasteiger partial charge on any atom is 0.142 e. The highest BCUT2D eigenvalue weighted by molar-refractivity contribution is 7.09. The van der Waals surface area contributed by atoms with E-state index in [2.05, 4.69) is 51.2 Å². The van der Waals surface area contributed by atoms with Gasteiger partial charge in [0.15, 0.2) is 0 Å². The van der Waals surface area contributed by atoms with Gasteiger partial charge in [-0.25, -0.2) is 4.98 Å². The summed E-state index contributed by atoms with van der Waals surface area (Å²) < 4.78 is 11.5. The smallest absolute Gasteiger partial charge is 0.142 e. The van der Waals surface area contributed by atoms with Crippen molar-refractivity contribution in [2.75, 3.05) is 51.3 Å². The zero-order valence-corrected chi connectivity index (χ0v) is 19.7. The van der Waals surface area contributed by atoms with Crippen LogP contribution in [0.25, 0.3) is 0 Å². The number of benzene rings is 2. The molecule has 1 aliphatic heterocycles. The van der Waals surface area contributed by atoms with Crippen molar-refractivity contribution in [3.8, 4) is 11.5 Å². The van der Waals surface area contributed by atoms with Gasteiger partial charge in [0.2, 0.25) is 0 Å². The highest BCUT2D eigenvalue weighted by atomic mass is 32.1. The number of hydrogen-bond acceptors (Lipinski definition) is 6. The first-order chi connectivity index (χ1) is 15.8. The molecule has 2 heterocycles. The molecule has 0 saturated carbocycles. The normalized spacial score (nSPS) is 14.5. The predicted octanol–water partition coefficient (Wildman–Crippen LogP) is 4.92. The number of para-hydroxylation sites is 2. The molecule has 170 valence electrons. The average molecular weight is 452 g/mol. The Morgan fingerprint density at radius 3 is 2.50 bits per heavy atom. The summed E-state index contributed by atoms with van der Waals surface area (Å²) in [6.45, 7) is 6.21. The number of aryl methyl sites for hydroxylation is 2.